The van der Waals surface area contributed by atoms with Crippen LogP contribution in [0.5, 0.6) is 0 Å². The van der Waals surface area contributed by atoms with Crippen LogP contribution in [0.25, 0.3) is 11.1 Å². The molecule has 0 spiro atoms. The van der Waals surface area contributed by atoms with E-state index in [4.69, 9.17) is 18.9 Å². The zero-order chi connectivity index (χ0) is 28.3. The fourth-order valence-corrected chi connectivity index (χ4v) is 6.14. The van der Waals surface area contributed by atoms with E-state index in [2.05, 4.69) is 31.2 Å². The molecule has 0 aromatic heterocycles. The van der Waals surface area contributed by atoms with Gasteiger partial charge in [-0.1, -0.05) is 120 Å². The van der Waals surface area contributed by atoms with Crippen molar-refractivity contribution in [3.63, 3.8) is 0 Å². The second-order valence-corrected chi connectivity index (χ2v) is 11.4. The number of hydrogen-bond acceptors (Lipinski definition) is 6. The Balaban J connectivity index is 1.21. The highest BCUT2D eigenvalue weighted by Crippen LogP contribution is 2.35. The van der Waals surface area contributed by atoms with Crippen LogP contribution in [0, 0.1) is 11.8 Å². The standard InChI is InChI=1S/C34H46O6/c1-4-5-6-9-24-12-14-25(15-13-24)10-7-8-11-26-16-18-27(19-17-26)28-20-22-29(23-21-28)34-39-30(32(35)37-2)31(40-34)33(36)38-3/h16-25,30-31,34H,4-15H2,1-3H3/t24?,25?,30-,31-/m1/s1. The summed E-state index contributed by atoms with van der Waals surface area (Å²) in [5.74, 6) is 0.607. The lowest BCUT2D eigenvalue weighted by Crippen LogP contribution is -2.38. The first-order valence-corrected chi connectivity index (χ1v) is 15.2. The normalized spacial score (nSPS) is 23.2. The van der Waals surface area contributed by atoms with Crippen LogP contribution < -0.4 is 0 Å². The van der Waals surface area contributed by atoms with Gasteiger partial charge in [-0.15, -0.1) is 0 Å². The second-order valence-electron chi connectivity index (χ2n) is 11.4. The largest absolute Gasteiger partial charge is 0.467 e. The van der Waals surface area contributed by atoms with Crippen LogP contribution in [-0.2, 0) is 35.0 Å². The highest BCUT2D eigenvalue weighted by molar-refractivity contribution is 5.86. The first-order chi connectivity index (χ1) is 19.5. The highest BCUT2D eigenvalue weighted by Gasteiger charge is 2.47. The van der Waals surface area contributed by atoms with Gasteiger partial charge in [0.15, 0.2) is 18.5 Å². The van der Waals surface area contributed by atoms with E-state index < -0.39 is 30.4 Å². The number of carbonyl (C=O) groups excluding carboxylic acids is 2. The van der Waals surface area contributed by atoms with Crippen LogP contribution in [0.4, 0.5) is 0 Å². The molecule has 2 aromatic rings. The summed E-state index contributed by atoms with van der Waals surface area (Å²) in [5, 5.41) is 0. The van der Waals surface area contributed by atoms with E-state index in [1.165, 1.54) is 90.4 Å². The zero-order valence-electron chi connectivity index (χ0n) is 24.4. The summed E-state index contributed by atoms with van der Waals surface area (Å²) in [6.07, 6.45) is 13.3. The third-order valence-electron chi connectivity index (χ3n) is 8.66. The van der Waals surface area contributed by atoms with Crippen molar-refractivity contribution in [2.75, 3.05) is 14.2 Å². The molecule has 0 bridgehead atoms. The molecule has 0 radical (unpaired) electrons. The summed E-state index contributed by atoms with van der Waals surface area (Å²) in [5.41, 5.74) is 4.31. The average Bonchev–Trinajstić information content (AvgIpc) is 3.45. The molecule has 1 aliphatic carbocycles. The van der Waals surface area contributed by atoms with Crippen molar-refractivity contribution in [1.29, 1.82) is 0 Å². The van der Waals surface area contributed by atoms with Gasteiger partial charge in [0.1, 0.15) is 0 Å². The first-order valence-electron chi connectivity index (χ1n) is 15.2. The van der Waals surface area contributed by atoms with E-state index in [0.29, 0.717) is 5.56 Å². The molecule has 40 heavy (non-hydrogen) atoms. The zero-order valence-corrected chi connectivity index (χ0v) is 24.4. The average molecular weight is 551 g/mol. The number of rotatable bonds is 13. The Kier molecular flexibility index (Phi) is 11.6. The molecule has 1 heterocycles. The van der Waals surface area contributed by atoms with Crippen LogP contribution >= 0.6 is 0 Å². The molecule has 2 aliphatic rings. The second kappa shape index (κ2) is 15.3. The van der Waals surface area contributed by atoms with Crippen molar-refractivity contribution in [1.82, 2.24) is 0 Å². The van der Waals surface area contributed by atoms with Crippen LogP contribution in [0.1, 0.15) is 95.0 Å². The van der Waals surface area contributed by atoms with E-state index in [0.717, 1.165) is 29.4 Å². The van der Waals surface area contributed by atoms with E-state index in [9.17, 15) is 9.59 Å². The third kappa shape index (κ3) is 8.17. The minimum absolute atomic E-state index is 0.671. The molecule has 4 rings (SSSR count). The van der Waals surface area contributed by atoms with Gasteiger partial charge in [0.05, 0.1) is 14.2 Å². The van der Waals surface area contributed by atoms with Gasteiger partial charge in [-0.2, -0.15) is 0 Å². The lowest BCUT2D eigenvalue weighted by Gasteiger charge is -2.28. The molecule has 1 saturated heterocycles. The summed E-state index contributed by atoms with van der Waals surface area (Å²) in [4.78, 5) is 24.1. The Bertz CT molecular complexity index is 1030. The molecular formula is C34H46O6. The molecule has 0 N–H and O–H groups in total. The Morgan fingerprint density at radius 3 is 1.65 bits per heavy atom. The summed E-state index contributed by atoms with van der Waals surface area (Å²) in [6, 6.07) is 16.6. The number of benzene rings is 2. The van der Waals surface area contributed by atoms with E-state index in [-0.39, 0.29) is 0 Å². The van der Waals surface area contributed by atoms with Crippen LogP contribution in [0.15, 0.2) is 48.5 Å². The molecule has 1 aliphatic heterocycles. The molecule has 218 valence electrons. The Morgan fingerprint density at radius 2 is 1.18 bits per heavy atom. The minimum atomic E-state index is -1.16. The van der Waals surface area contributed by atoms with E-state index in [1.54, 1.807) is 0 Å². The third-order valence-corrected chi connectivity index (χ3v) is 8.66. The molecule has 6 nitrogen and oxygen atoms in total. The van der Waals surface area contributed by atoms with Gasteiger partial charge in [-0.3, -0.25) is 0 Å². The summed E-state index contributed by atoms with van der Waals surface area (Å²) in [7, 11) is 2.49. The van der Waals surface area contributed by atoms with Crippen molar-refractivity contribution < 1.29 is 28.5 Å². The molecule has 2 aromatic carbocycles. The lowest BCUT2D eigenvalue weighted by atomic mass is 9.78. The molecule has 0 amide bonds. The maximum Gasteiger partial charge on any atom is 0.338 e. The van der Waals surface area contributed by atoms with Crippen molar-refractivity contribution in [2.45, 2.75) is 102 Å². The molecule has 0 unspecified atom stereocenters. The highest BCUT2D eigenvalue weighted by atomic mass is 16.8. The predicted molar refractivity (Wildman–Crippen MR) is 156 cm³/mol. The number of esters is 2. The minimum Gasteiger partial charge on any atom is -0.467 e. The van der Waals surface area contributed by atoms with Crippen molar-refractivity contribution >= 4 is 11.9 Å². The van der Waals surface area contributed by atoms with Gasteiger partial charge in [0, 0.05) is 5.56 Å². The number of methoxy groups -OCH3 is 2. The van der Waals surface area contributed by atoms with Crippen molar-refractivity contribution in [3.05, 3.63) is 59.7 Å². The monoisotopic (exact) mass is 550 g/mol. The summed E-state index contributed by atoms with van der Waals surface area (Å²) >= 11 is 0. The SMILES string of the molecule is CCCCCC1CCC(CCCCc2ccc(-c3ccc(C4O[C@@H](C(=O)OC)[C@H](C(=O)OC)O4)cc3)cc2)CC1. The quantitative estimate of drug-likeness (QED) is 0.189. The van der Waals surface area contributed by atoms with Crippen LogP contribution in [0.2, 0.25) is 0 Å². The lowest BCUT2D eigenvalue weighted by molar-refractivity contribution is -0.160. The van der Waals surface area contributed by atoms with Gasteiger partial charge >= 0.3 is 11.9 Å². The van der Waals surface area contributed by atoms with E-state index in [1.807, 2.05) is 24.3 Å². The van der Waals surface area contributed by atoms with Crippen molar-refractivity contribution in [3.8, 4) is 11.1 Å². The van der Waals surface area contributed by atoms with Gasteiger partial charge in [0.2, 0.25) is 0 Å². The van der Waals surface area contributed by atoms with Crippen LogP contribution in [0.3, 0.4) is 0 Å². The Morgan fingerprint density at radius 1 is 0.700 bits per heavy atom. The maximum atomic E-state index is 12.1. The van der Waals surface area contributed by atoms with Gasteiger partial charge in [0.25, 0.3) is 0 Å². The van der Waals surface area contributed by atoms with Gasteiger partial charge < -0.3 is 18.9 Å². The predicted octanol–water partition coefficient (Wildman–Crippen LogP) is 7.58. The van der Waals surface area contributed by atoms with Crippen molar-refractivity contribution in [2.24, 2.45) is 11.8 Å². The molecular weight excluding hydrogens is 504 g/mol. The van der Waals surface area contributed by atoms with Gasteiger partial charge in [-0.25, -0.2) is 9.59 Å². The molecule has 2 fully saturated rings. The number of ether oxygens (including phenoxy) is 4. The fourth-order valence-electron chi connectivity index (χ4n) is 6.14. The number of carbonyl (C=O) groups is 2. The Labute approximate surface area is 239 Å². The molecule has 2 atom stereocenters. The number of aryl methyl sites for hydroxylation is 1. The fraction of sp³-hybridized carbons (Fsp3) is 0.588. The smallest absolute Gasteiger partial charge is 0.338 e. The molecule has 6 heteroatoms. The van der Waals surface area contributed by atoms with Gasteiger partial charge in [-0.05, 0) is 41.4 Å². The maximum absolute atomic E-state index is 12.1. The molecule has 1 saturated carbocycles. The van der Waals surface area contributed by atoms with Crippen LogP contribution in [-0.4, -0.2) is 38.4 Å². The topological polar surface area (TPSA) is 71.1 Å². The number of hydrogen-bond donors (Lipinski definition) is 0. The van der Waals surface area contributed by atoms with E-state index >= 15 is 0 Å². The first kappa shape index (κ1) is 30.3. The number of unbranched alkanes of at least 4 members (excludes halogenated alkanes) is 3. The Hall–Kier alpha value is -2.70. The summed E-state index contributed by atoms with van der Waals surface area (Å²) in [6.45, 7) is 2.29. The summed E-state index contributed by atoms with van der Waals surface area (Å²) < 4.78 is 20.9.